The molecule has 1 rings (SSSR count). The van der Waals surface area contributed by atoms with E-state index in [0.29, 0.717) is 18.2 Å². The van der Waals surface area contributed by atoms with E-state index >= 15 is 0 Å². The zero-order chi connectivity index (χ0) is 11.1. The summed E-state index contributed by atoms with van der Waals surface area (Å²) in [5.74, 6) is 0.964. The number of carbonyl (C=O) groups excluding carboxylic acids is 1. The third kappa shape index (κ3) is 4.85. The van der Waals surface area contributed by atoms with Crippen LogP contribution in [0.5, 0.6) is 0 Å². The molecule has 0 bridgehead atoms. The number of unbranched alkanes of at least 4 members (excludes halogenated alkanes) is 1. The number of nitrogens with zero attached hydrogens (tertiary/aromatic N) is 2. The Labute approximate surface area is 97.4 Å². The van der Waals surface area contributed by atoms with Gasteiger partial charge in [-0.05, 0) is 32.9 Å². The SMILES string of the molecule is CN1CCCN(C(=O)CCCCCl)CC1. The van der Waals surface area contributed by atoms with Gasteiger partial charge in [0.15, 0.2) is 0 Å². The Kier molecular flexibility index (Phi) is 6.03. The molecule has 0 unspecified atom stereocenters. The molecule has 1 aliphatic heterocycles. The highest BCUT2D eigenvalue weighted by atomic mass is 35.5. The van der Waals surface area contributed by atoms with E-state index in [1.165, 1.54) is 0 Å². The number of carbonyl (C=O) groups is 1. The van der Waals surface area contributed by atoms with Crippen LogP contribution in [0.15, 0.2) is 0 Å². The molecule has 0 spiro atoms. The predicted octanol–water partition coefficient (Wildman–Crippen LogP) is 1.56. The van der Waals surface area contributed by atoms with Crippen LogP contribution in [0.2, 0.25) is 0 Å². The number of rotatable bonds is 4. The molecule has 1 heterocycles. The fraction of sp³-hybridized carbons (Fsp3) is 0.909. The standard InChI is InChI=1S/C11H21ClN2O/c1-13-7-4-8-14(10-9-13)11(15)5-2-3-6-12/h2-10H2,1H3. The van der Waals surface area contributed by atoms with Crippen LogP contribution in [0.25, 0.3) is 0 Å². The Morgan fingerprint density at radius 3 is 2.73 bits per heavy atom. The zero-order valence-corrected chi connectivity index (χ0v) is 10.3. The first kappa shape index (κ1) is 12.8. The van der Waals surface area contributed by atoms with Gasteiger partial charge in [0.2, 0.25) is 5.91 Å². The first-order chi connectivity index (χ1) is 7.24. The van der Waals surface area contributed by atoms with Gasteiger partial charge in [0.05, 0.1) is 0 Å². The smallest absolute Gasteiger partial charge is 0.222 e. The molecule has 0 N–H and O–H groups in total. The van der Waals surface area contributed by atoms with E-state index in [1.807, 2.05) is 4.90 Å². The molecule has 15 heavy (non-hydrogen) atoms. The van der Waals surface area contributed by atoms with Gasteiger partial charge in [0.1, 0.15) is 0 Å². The topological polar surface area (TPSA) is 23.6 Å². The van der Waals surface area contributed by atoms with Gasteiger partial charge in [-0.2, -0.15) is 0 Å². The van der Waals surface area contributed by atoms with Gasteiger partial charge < -0.3 is 9.80 Å². The van der Waals surface area contributed by atoms with Gasteiger partial charge in [-0.25, -0.2) is 0 Å². The number of halogens is 1. The minimum atomic E-state index is 0.301. The van der Waals surface area contributed by atoms with Crippen LogP contribution >= 0.6 is 11.6 Å². The Morgan fingerprint density at radius 1 is 1.20 bits per heavy atom. The van der Waals surface area contributed by atoms with Crippen LogP contribution in [0, 0.1) is 0 Å². The number of amides is 1. The lowest BCUT2D eigenvalue weighted by atomic mass is 10.2. The minimum absolute atomic E-state index is 0.301. The molecule has 1 saturated heterocycles. The third-order valence-corrected chi connectivity index (χ3v) is 3.11. The molecular weight excluding hydrogens is 212 g/mol. The Bertz CT molecular complexity index is 199. The van der Waals surface area contributed by atoms with E-state index < -0.39 is 0 Å². The maximum atomic E-state index is 11.8. The summed E-state index contributed by atoms with van der Waals surface area (Å²) in [5.41, 5.74) is 0. The second-order valence-corrected chi connectivity index (χ2v) is 4.56. The summed E-state index contributed by atoms with van der Waals surface area (Å²) < 4.78 is 0. The third-order valence-electron chi connectivity index (χ3n) is 2.85. The lowest BCUT2D eigenvalue weighted by Crippen LogP contribution is -2.34. The zero-order valence-electron chi connectivity index (χ0n) is 9.54. The molecule has 1 aliphatic rings. The van der Waals surface area contributed by atoms with Gasteiger partial charge in [0.25, 0.3) is 0 Å². The summed E-state index contributed by atoms with van der Waals surface area (Å²) >= 11 is 5.58. The number of alkyl halides is 1. The van der Waals surface area contributed by atoms with E-state index in [9.17, 15) is 4.79 Å². The van der Waals surface area contributed by atoms with Crippen molar-refractivity contribution in [2.24, 2.45) is 0 Å². The Hall–Kier alpha value is -0.280. The Balaban J connectivity index is 2.25. The quantitative estimate of drug-likeness (QED) is 0.543. The number of hydrogen-bond acceptors (Lipinski definition) is 2. The number of hydrogen-bond donors (Lipinski definition) is 0. The highest BCUT2D eigenvalue weighted by Gasteiger charge is 2.16. The van der Waals surface area contributed by atoms with Crippen molar-refractivity contribution in [3.63, 3.8) is 0 Å². The average molecular weight is 233 g/mol. The molecule has 0 aromatic rings. The summed E-state index contributed by atoms with van der Waals surface area (Å²) in [5, 5.41) is 0. The van der Waals surface area contributed by atoms with Crippen molar-refractivity contribution in [1.29, 1.82) is 0 Å². The first-order valence-electron chi connectivity index (χ1n) is 5.76. The van der Waals surface area contributed by atoms with E-state index in [2.05, 4.69) is 11.9 Å². The van der Waals surface area contributed by atoms with Crippen LogP contribution in [-0.4, -0.2) is 54.8 Å². The molecule has 88 valence electrons. The lowest BCUT2D eigenvalue weighted by Gasteiger charge is -2.20. The van der Waals surface area contributed by atoms with Gasteiger partial charge in [-0.15, -0.1) is 11.6 Å². The highest BCUT2D eigenvalue weighted by Crippen LogP contribution is 2.06. The van der Waals surface area contributed by atoms with Crippen LogP contribution in [0.1, 0.15) is 25.7 Å². The molecule has 0 radical (unpaired) electrons. The van der Waals surface area contributed by atoms with Crippen LogP contribution in [0.3, 0.4) is 0 Å². The van der Waals surface area contributed by atoms with E-state index in [-0.39, 0.29) is 0 Å². The second kappa shape index (κ2) is 7.07. The maximum Gasteiger partial charge on any atom is 0.222 e. The van der Waals surface area contributed by atoms with Crippen molar-refractivity contribution >= 4 is 17.5 Å². The fourth-order valence-corrected chi connectivity index (χ4v) is 2.01. The minimum Gasteiger partial charge on any atom is -0.341 e. The molecule has 4 heteroatoms. The summed E-state index contributed by atoms with van der Waals surface area (Å²) in [6.07, 6.45) is 3.63. The monoisotopic (exact) mass is 232 g/mol. The number of likely N-dealkylation sites (N-methyl/N-ethyl adjacent to an activating group) is 1. The van der Waals surface area contributed by atoms with Crippen molar-refractivity contribution in [3.05, 3.63) is 0 Å². The van der Waals surface area contributed by atoms with Gasteiger partial charge >= 0.3 is 0 Å². The van der Waals surface area contributed by atoms with Crippen molar-refractivity contribution < 1.29 is 4.79 Å². The highest BCUT2D eigenvalue weighted by molar-refractivity contribution is 6.17. The lowest BCUT2D eigenvalue weighted by molar-refractivity contribution is -0.131. The molecule has 3 nitrogen and oxygen atoms in total. The molecule has 0 saturated carbocycles. The molecule has 0 aromatic carbocycles. The molecular formula is C11H21ClN2O. The maximum absolute atomic E-state index is 11.8. The fourth-order valence-electron chi connectivity index (χ4n) is 1.82. The van der Waals surface area contributed by atoms with Crippen molar-refractivity contribution in [1.82, 2.24) is 9.80 Å². The summed E-state index contributed by atoms with van der Waals surface area (Å²) in [7, 11) is 2.11. The van der Waals surface area contributed by atoms with E-state index in [1.54, 1.807) is 0 Å². The van der Waals surface area contributed by atoms with E-state index in [4.69, 9.17) is 11.6 Å². The largest absolute Gasteiger partial charge is 0.341 e. The summed E-state index contributed by atoms with van der Waals surface area (Å²) in [6, 6.07) is 0. The van der Waals surface area contributed by atoms with Crippen LogP contribution in [-0.2, 0) is 4.79 Å². The molecule has 0 aromatic heterocycles. The Morgan fingerprint density at radius 2 is 2.00 bits per heavy atom. The molecule has 1 fully saturated rings. The van der Waals surface area contributed by atoms with Crippen molar-refractivity contribution in [2.45, 2.75) is 25.7 Å². The normalized spacial score (nSPS) is 18.9. The molecule has 1 amide bonds. The van der Waals surface area contributed by atoms with Crippen molar-refractivity contribution in [3.8, 4) is 0 Å². The first-order valence-corrected chi connectivity index (χ1v) is 6.30. The second-order valence-electron chi connectivity index (χ2n) is 4.18. The van der Waals surface area contributed by atoms with Crippen LogP contribution < -0.4 is 0 Å². The van der Waals surface area contributed by atoms with E-state index in [0.717, 1.165) is 45.4 Å². The van der Waals surface area contributed by atoms with Gasteiger partial charge in [-0.3, -0.25) is 4.79 Å². The van der Waals surface area contributed by atoms with Crippen molar-refractivity contribution in [2.75, 3.05) is 39.1 Å². The summed E-state index contributed by atoms with van der Waals surface area (Å²) in [4.78, 5) is 16.1. The summed E-state index contributed by atoms with van der Waals surface area (Å²) in [6.45, 7) is 3.91. The predicted molar refractivity (Wildman–Crippen MR) is 63.3 cm³/mol. The van der Waals surface area contributed by atoms with Gasteiger partial charge in [0, 0.05) is 31.9 Å². The molecule has 0 aliphatic carbocycles. The van der Waals surface area contributed by atoms with Gasteiger partial charge in [-0.1, -0.05) is 0 Å². The molecule has 0 atom stereocenters. The average Bonchev–Trinajstić information content (AvgIpc) is 2.43. The van der Waals surface area contributed by atoms with Crippen LogP contribution in [0.4, 0.5) is 0 Å².